The molecule has 116 valence electrons. The summed E-state index contributed by atoms with van der Waals surface area (Å²) in [5.41, 5.74) is 3.63. The molecule has 0 spiro atoms. The van der Waals surface area contributed by atoms with Gasteiger partial charge in [-0.15, -0.1) is 0 Å². The van der Waals surface area contributed by atoms with Crippen LogP contribution >= 0.6 is 0 Å². The largest absolute Gasteiger partial charge is 0.465 e. The van der Waals surface area contributed by atoms with Gasteiger partial charge in [0.1, 0.15) is 0 Å². The minimum atomic E-state index is -0.450. The summed E-state index contributed by atoms with van der Waals surface area (Å²) >= 11 is 0. The number of benzene rings is 2. The van der Waals surface area contributed by atoms with Gasteiger partial charge in [0, 0.05) is 17.1 Å². The maximum Gasteiger partial charge on any atom is 0.340 e. The molecule has 0 saturated carbocycles. The Hall–Kier alpha value is -2.88. The molecular weight excluding hydrogens is 290 g/mol. The molecule has 3 aromatic rings. The van der Waals surface area contributed by atoms with Gasteiger partial charge >= 0.3 is 5.97 Å². The minimum absolute atomic E-state index is 0.155. The number of fused-ring (bicyclic) bond motifs is 1. The highest BCUT2D eigenvalue weighted by Crippen LogP contribution is 2.24. The van der Waals surface area contributed by atoms with E-state index in [-0.39, 0.29) is 5.91 Å². The van der Waals surface area contributed by atoms with E-state index in [0.717, 1.165) is 11.1 Å². The van der Waals surface area contributed by atoms with E-state index >= 15 is 0 Å². The maximum absolute atomic E-state index is 13.0. The van der Waals surface area contributed by atoms with Crippen LogP contribution in [0.4, 0.5) is 0 Å². The van der Waals surface area contributed by atoms with Crippen molar-refractivity contribution >= 4 is 22.8 Å². The fourth-order valence-electron chi connectivity index (χ4n) is 2.72. The number of carbonyl (C=O) groups excluding carboxylic acids is 2. The van der Waals surface area contributed by atoms with Crippen LogP contribution in [0, 0.1) is 13.8 Å². The fraction of sp³-hybridized carbons (Fsp3) is 0.158. The smallest absolute Gasteiger partial charge is 0.340 e. The molecule has 23 heavy (non-hydrogen) atoms. The highest BCUT2D eigenvalue weighted by molar-refractivity contribution is 6.10. The van der Waals surface area contributed by atoms with Gasteiger partial charge in [0.05, 0.1) is 18.2 Å². The third-order valence-corrected chi connectivity index (χ3v) is 3.96. The van der Waals surface area contributed by atoms with E-state index in [1.54, 1.807) is 6.20 Å². The number of esters is 1. The first-order chi connectivity index (χ1) is 11.0. The number of carbonyl (C=O) groups is 2. The molecule has 0 radical (unpaired) electrons. The molecule has 0 aliphatic carbocycles. The summed E-state index contributed by atoms with van der Waals surface area (Å²) in [6, 6.07) is 13.1. The lowest BCUT2D eigenvalue weighted by atomic mass is 10.1. The summed E-state index contributed by atoms with van der Waals surface area (Å²) in [4.78, 5) is 24.9. The number of ether oxygens (including phenoxy) is 1. The van der Waals surface area contributed by atoms with Gasteiger partial charge in [-0.25, -0.2) is 4.79 Å². The minimum Gasteiger partial charge on any atom is -0.465 e. The van der Waals surface area contributed by atoms with E-state index in [2.05, 4.69) is 0 Å². The third-order valence-electron chi connectivity index (χ3n) is 3.96. The normalized spacial score (nSPS) is 10.7. The van der Waals surface area contributed by atoms with Gasteiger partial charge in [0.25, 0.3) is 5.91 Å². The van der Waals surface area contributed by atoms with Crippen molar-refractivity contribution in [2.45, 2.75) is 13.8 Å². The van der Waals surface area contributed by atoms with Crippen molar-refractivity contribution in [2.75, 3.05) is 7.11 Å². The fourth-order valence-corrected chi connectivity index (χ4v) is 2.72. The summed E-state index contributed by atoms with van der Waals surface area (Å²) < 4.78 is 6.34. The number of nitrogens with zero attached hydrogens (tertiary/aromatic N) is 1. The zero-order valence-corrected chi connectivity index (χ0v) is 13.3. The van der Waals surface area contributed by atoms with Crippen molar-refractivity contribution in [3.8, 4) is 0 Å². The molecule has 1 heterocycles. The average Bonchev–Trinajstić information content (AvgIpc) is 2.95. The van der Waals surface area contributed by atoms with Crippen molar-refractivity contribution in [2.24, 2.45) is 0 Å². The Morgan fingerprint density at radius 1 is 1.00 bits per heavy atom. The van der Waals surface area contributed by atoms with E-state index in [1.807, 2.05) is 56.3 Å². The Balaban J connectivity index is 2.22. The number of aromatic nitrogens is 1. The highest BCUT2D eigenvalue weighted by Gasteiger charge is 2.20. The molecule has 2 aromatic carbocycles. The molecule has 0 aliphatic rings. The lowest BCUT2D eigenvalue weighted by Crippen LogP contribution is -2.12. The van der Waals surface area contributed by atoms with E-state index in [9.17, 15) is 9.59 Å². The molecule has 0 atom stereocenters. The first-order valence-corrected chi connectivity index (χ1v) is 7.33. The van der Waals surface area contributed by atoms with Crippen LogP contribution in [0.15, 0.2) is 48.7 Å². The average molecular weight is 307 g/mol. The summed E-state index contributed by atoms with van der Waals surface area (Å²) in [6.45, 7) is 3.85. The predicted octanol–water partition coefficient (Wildman–Crippen LogP) is 3.73. The second kappa shape index (κ2) is 5.72. The van der Waals surface area contributed by atoms with Crippen LogP contribution in [-0.2, 0) is 4.74 Å². The number of rotatable bonds is 2. The van der Waals surface area contributed by atoms with Crippen molar-refractivity contribution in [3.05, 3.63) is 70.9 Å². The van der Waals surface area contributed by atoms with Crippen molar-refractivity contribution in [1.29, 1.82) is 0 Å². The van der Waals surface area contributed by atoms with Crippen LogP contribution in [0.1, 0.15) is 31.8 Å². The maximum atomic E-state index is 13.0. The zero-order valence-electron chi connectivity index (χ0n) is 13.3. The molecule has 0 fully saturated rings. The SMILES string of the molecule is COC(=O)c1cn(C(=O)c2cc(C)ccc2C)c2ccccc12. The van der Waals surface area contributed by atoms with Crippen LogP contribution < -0.4 is 0 Å². The Bertz CT molecular complexity index is 922. The van der Waals surface area contributed by atoms with Crippen LogP contribution in [0.3, 0.4) is 0 Å². The van der Waals surface area contributed by atoms with Gasteiger partial charge in [-0.2, -0.15) is 0 Å². The van der Waals surface area contributed by atoms with Gasteiger partial charge < -0.3 is 4.74 Å². The molecule has 1 aromatic heterocycles. The molecule has 0 amide bonds. The number of para-hydroxylation sites is 1. The first-order valence-electron chi connectivity index (χ1n) is 7.33. The van der Waals surface area contributed by atoms with Crippen molar-refractivity contribution in [3.63, 3.8) is 0 Å². The molecule has 0 aliphatic heterocycles. The van der Waals surface area contributed by atoms with Gasteiger partial charge in [0.15, 0.2) is 0 Å². The van der Waals surface area contributed by atoms with Crippen LogP contribution in [0.5, 0.6) is 0 Å². The molecule has 0 unspecified atom stereocenters. The summed E-state index contributed by atoms with van der Waals surface area (Å²) in [7, 11) is 1.33. The molecule has 3 rings (SSSR count). The van der Waals surface area contributed by atoms with Crippen molar-refractivity contribution in [1.82, 2.24) is 4.57 Å². The lowest BCUT2D eigenvalue weighted by Gasteiger charge is -2.08. The quantitative estimate of drug-likeness (QED) is 0.678. The molecular formula is C19H17NO3. The topological polar surface area (TPSA) is 48.3 Å². The zero-order chi connectivity index (χ0) is 16.6. The Kier molecular flexibility index (Phi) is 3.74. The highest BCUT2D eigenvalue weighted by atomic mass is 16.5. The number of methoxy groups -OCH3 is 1. The van der Waals surface area contributed by atoms with Gasteiger partial charge in [-0.1, -0.05) is 35.9 Å². The third kappa shape index (κ3) is 2.52. The van der Waals surface area contributed by atoms with E-state index in [4.69, 9.17) is 4.74 Å². The predicted molar refractivity (Wildman–Crippen MR) is 88.9 cm³/mol. The summed E-state index contributed by atoms with van der Waals surface area (Å²) in [5.74, 6) is -0.605. The van der Waals surface area contributed by atoms with E-state index in [0.29, 0.717) is 22.0 Å². The van der Waals surface area contributed by atoms with Gasteiger partial charge in [0.2, 0.25) is 0 Å². The number of hydrogen-bond donors (Lipinski definition) is 0. The van der Waals surface area contributed by atoms with Gasteiger partial charge in [-0.3, -0.25) is 9.36 Å². The molecule has 0 N–H and O–H groups in total. The Morgan fingerprint density at radius 3 is 2.48 bits per heavy atom. The van der Waals surface area contributed by atoms with Crippen molar-refractivity contribution < 1.29 is 14.3 Å². The molecule has 4 heteroatoms. The second-order valence-corrected chi connectivity index (χ2v) is 5.55. The van der Waals surface area contributed by atoms with Crippen LogP contribution in [-0.4, -0.2) is 23.6 Å². The molecule has 4 nitrogen and oxygen atoms in total. The Labute approximate surface area is 134 Å². The van der Waals surface area contributed by atoms with E-state index < -0.39 is 5.97 Å². The summed E-state index contributed by atoms with van der Waals surface area (Å²) in [5, 5.41) is 0.706. The van der Waals surface area contributed by atoms with Gasteiger partial charge in [-0.05, 0) is 31.5 Å². The molecule has 0 bridgehead atoms. The summed E-state index contributed by atoms with van der Waals surface area (Å²) in [6.07, 6.45) is 1.56. The second-order valence-electron chi connectivity index (χ2n) is 5.55. The monoisotopic (exact) mass is 307 g/mol. The number of aryl methyl sites for hydroxylation is 2. The molecule has 0 saturated heterocycles. The van der Waals surface area contributed by atoms with Crippen LogP contribution in [0.2, 0.25) is 0 Å². The van der Waals surface area contributed by atoms with E-state index in [1.165, 1.54) is 11.7 Å². The first kappa shape index (κ1) is 15.0. The Morgan fingerprint density at radius 2 is 1.74 bits per heavy atom. The standard InChI is InChI=1S/C19H17NO3/c1-12-8-9-13(2)15(10-12)18(21)20-11-16(19(22)23-3)14-6-4-5-7-17(14)20/h4-11H,1-3H3. The van der Waals surface area contributed by atoms with Crippen LogP contribution in [0.25, 0.3) is 10.9 Å². The number of hydrogen-bond acceptors (Lipinski definition) is 3. The lowest BCUT2D eigenvalue weighted by molar-refractivity contribution is 0.0603.